The predicted octanol–water partition coefficient (Wildman–Crippen LogP) is 0.398. The number of hydrogen-bond donors (Lipinski definition) is 4. The van der Waals surface area contributed by atoms with Gasteiger partial charge in [-0.3, -0.25) is 0 Å². The number of phenols is 2. The largest absolute Gasteiger partial charge is 0.508 e. The molecule has 0 aliphatic heterocycles. The van der Waals surface area contributed by atoms with E-state index in [2.05, 4.69) is 0 Å². The Kier molecular flexibility index (Phi) is 2.75. The number of phenolic OH excluding ortho intramolecular Hbond substituents is 2. The van der Waals surface area contributed by atoms with Crippen LogP contribution in [0.15, 0.2) is 12.1 Å². The number of hydrogen-bond acceptors (Lipinski definition) is 4. The van der Waals surface area contributed by atoms with Crippen molar-refractivity contribution in [1.29, 1.82) is 0 Å². The second-order valence-corrected chi connectivity index (χ2v) is 2.95. The fourth-order valence-electron chi connectivity index (χ4n) is 1.10. The molecule has 72 valence electrons. The molecule has 0 radical (unpaired) electrons. The highest BCUT2D eigenvalue weighted by Gasteiger charge is 2.12. The zero-order valence-electron chi connectivity index (χ0n) is 7.36. The number of aryl methyl sites for hydroxylation is 1. The maximum atomic E-state index is 9.36. The van der Waals surface area contributed by atoms with E-state index in [4.69, 9.17) is 5.73 Å². The fourth-order valence-corrected chi connectivity index (χ4v) is 1.10. The third-order valence-corrected chi connectivity index (χ3v) is 1.93. The van der Waals surface area contributed by atoms with Gasteiger partial charge in [0.25, 0.3) is 0 Å². The molecular formula is C9H13NO3. The van der Waals surface area contributed by atoms with E-state index in [9.17, 15) is 15.3 Å². The minimum atomic E-state index is -0.890. The summed E-state index contributed by atoms with van der Waals surface area (Å²) in [6.07, 6.45) is -0.890. The zero-order valence-corrected chi connectivity index (χ0v) is 7.36. The lowest BCUT2D eigenvalue weighted by molar-refractivity contribution is 0.182. The minimum absolute atomic E-state index is 0.00507. The molecule has 1 aromatic rings. The second kappa shape index (κ2) is 3.64. The SMILES string of the molecule is Cc1cc(C(O)CN)c(O)cc1O. The van der Waals surface area contributed by atoms with Crippen molar-refractivity contribution in [1.82, 2.24) is 0 Å². The van der Waals surface area contributed by atoms with Crippen molar-refractivity contribution in [2.24, 2.45) is 5.73 Å². The Labute approximate surface area is 76.2 Å². The molecule has 1 atom stereocenters. The Hall–Kier alpha value is -1.26. The van der Waals surface area contributed by atoms with E-state index < -0.39 is 6.10 Å². The van der Waals surface area contributed by atoms with Crippen LogP contribution in [-0.2, 0) is 0 Å². The summed E-state index contributed by atoms with van der Waals surface area (Å²) in [5.41, 5.74) is 6.18. The highest BCUT2D eigenvalue weighted by Crippen LogP contribution is 2.30. The molecule has 4 heteroatoms. The van der Waals surface area contributed by atoms with Gasteiger partial charge in [0.1, 0.15) is 11.5 Å². The van der Waals surface area contributed by atoms with Gasteiger partial charge in [0.2, 0.25) is 0 Å². The highest BCUT2D eigenvalue weighted by molar-refractivity contribution is 5.45. The predicted molar refractivity (Wildman–Crippen MR) is 48.5 cm³/mol. The van der Waals surface area contributed by atoms with Crippen molar-refractivity contribution < 1.29 is 15.3 Å². The Morgan fingerprint density at radius 3 is 2.46 bits per heavy atom. The first kappa shape index (κ1) is 9.83. The van der Waals surface area contributed by atoms with Gasteiger partial charge in [0, 0.05) is 18.2 Å². The summed E-state index contributed by atoms with van der Waals surface area (Å²) in [6, 6.07) is 2.71. The lowest BCUT2D eigenvalue weighted by Gasteiger charge is -2.11. The molecule has 1 aromatic carbocycles. The molecule has 0 saturated heterocycles. The molecule has 13 heavy (non-hydrogen) atoms. The van der Waals surface area contributed by atoms with Crippen LogP contribution >= 0.6 is 0 Å². The Morgan fingerprint density at radius 2 is 1.92 bits per heavy atom. The van der Waals surface area contributed by atoms with E-state index in [0.29, 0.717) is 11.1 Å². The first-order valence-electron chi connectivity index (χ1n) is 3.97. The number of rotatable bonds is 2. The smallest absolute Gasteiger partial charge is 0.125 e. The van der Waals surface area contributed by atoms with E-state index in [1.54, 1.807) is 6.92 Å². The standard InChI is InChI=1S/C9H13NO3/c1-5-2-6(9(13)4-10)8(12)3-7(5)11/h2-3,9,11-13H,4,10H2,1H3. The van der Waals surface area contributed by atoms with Crippen LogP contribution in [0.1, 0.15) is 17.2 Å². The van der Waals surface area contributed by atoms with Crippen molar-refractivity contribution >= 4 is 0 Å². The first-order chi connectivity index (χ1) is 6.06. The van der Waals surface area contributed by atoms with Crippen molar-refractivity contribution in [3.63, 3.8) is 0 Å². The molecule has 1 unspecified atom stereocenters. The Balaban J connectivity index is 3.15. The molecule has 0 spiro atoms. The van der Waals surface area contributed by atoms with Crippen LogP contribution in [0.3, 0.4) is 0 Å². The van der Waals surface area contributed by atoms with Crippen LogP contribution in [0.5, 0.6) is 11.5 Å². The minimum Gasteiger partial charge on any atom is -0.508 e. The van der Waals surface area contributed by atoms with Crippen molar-refractivity contribution in [3.8, 4) is 11.5 Å². The summed E-state index contributed by atoms with van der Waals surface area (Å²) in [6.45, 7) is 1.72. The van der Waals surface area contributed by atoms with Crippen molar-refractivity contribution in [2.45, 2.75) is 13.0 Å². The van der Waals surface area contributed by atoms with E-state index in [1.807, 2.05) is 0 Å². The van der Waals surface area contributed by atoms with Gasteiger partial charge in [-0.2, -0.15) is 0 Å². The number of aliphatic hydroxyl groups is 1. The van der Waals surface area contributed by atoms with Gasteiger partial charge in [-0.1, -0.05) is 0 Å². The Morgan fingerprint density at radius 1 is 1.31 bits per heavy atom. The Bertz CT molecular complexity index is 312. The third-order valence-electron chi connectivity index (χ3n) is 1.93. The number of aliphatic hydroxyl groups excluding tert-OH is 1. The van der Waals surface area contributed by atoms with Gasteiger partial charge < -0.3 is 21.1 Å². The molecule has 4 nitrogen and oxygen atoms in total. The van der Waals surface area contributed by atoms with Crippen LogP contribution in [0.2, 0.25) is 0 Å². The summed E-state index contributed by atoms with van der Waals surface area (Å²) >= 11 is 0. The van der Waals surface area contributed by atoms with Gasteiger partial charge in [-0.05, 0) is 18.6 Å². The van der Waals surface area contributed by atoms with E-state index in [0.717, 1.165) is 0 Å². The van der Waals surface area contributed by atoms with Crippen molar-refractivity contribution in [2.75, 3.05) is 6.54 Å². The average Bonchev–Trinajstić information content (AvgIpc) is 2.10. The molecule has 0 bridgehead atoms. The molecule has 1 rings (SSSR count). The lowest BCUT2D eigenvalue weighted by atomic mass is 10.0. The average molecular weight is 183 g/mol. The number of aromatic hydroxyl groups is 2. The maximum absolute atomic E-state index is 9.36. The molecule has 0 aliphatic rings. The molecule has 0 saturated carbocycles. The summed E-state index contributed by atoms with van der Waals surface area (Å²) < 4.78 is 0. The van der Waals surface area contributed by atoms with Crippen LogP contribution < -0.4 is 5.73 Å². The van der Waals surface area contributed by atoms with Gasteiger partial charge in [-0.15, -0.1) is 0 Å². The first-order valence-corrected chi connectivity index (χ1v) is 3.97. The number of benzene rings is 1. The summed E-state index contributed by atoms with van der Waals surface area (Å²) in [5.74, 6) is -0.133. The van der Waals surface area contributed by atoms with Gasteiger partial charge in [0.05, 0.1) is 6.10 Å². The van der Waals surface area contributed by atoms with E-state index in [1.165, 1.54) is 12.1 Å². The van der Waals surface area contributed by atoms with Crippen molar-refractivity contribution in [3.05, 3.63) is 23.3 Å². The topological polar surface area (TPSA) is 86.7 Å². The molecular weight excluding hydrogens is 170 g/mol. The molecule has 0 aromatic heterocycles. The van der Waals surface area contributed by atoms with Crippen LogP contribution in [0, 0.1) is 6.92 Å². The molecule has 0 fully saturated rings. The second-order valence-electron chi connectivity index (χ2n) is 2.95. The molecule has 0 aliphatic carbocycles. The monoisotopic (exact) mass is 183 g/mol. The van der Waals surface area contributed by atoms with Crippen LogP contribution in [0.4, 0.5) is 0 Å². The highest BCUT2D eigenvalue weighted by atomic mass is 16.3. The quantitative estimate of drug-likeness (QED) is 0.534. The lowest BCUT2D eigenvalue weighted by Crippen LogP contribution is -2.11. The number of nitrogens with two attached hydrogens (primary N) is 1. The fraction of sp³-hybridized carbons (Fsp3) is 0.333. The van der Waals surface area contributed by atoms with Gasteiger partial charge in [-0.25, -0.2) is 0 Å². The molecule has 0 amide bonds. The summed E-state index contributed by atoms with van der Waals surface area (Å²) in [7, 11) is 0. The molecule has 5 N–H and O–H groups in total. The molecule has 0 heterocycles. The van der Waals surface area contributed by atoms with E-state index >= 15 is 0 Å². The third kappa shape index (κ3) is 1.91. The van der Waals surface area contributed by atoms with Crippen LogP contribution in [0.25, 0.3) is 0 Å². The maximum Gasteiger partial charge on any atom is 0.125 e. The summed E-state index contributed by atoms with van der Waals surface area (Å²) in [5, 5.41) is 27.9. The summed E-state index contributed by atoms with van der Waals surface area (Å²) in [4.78, 5) is 0. The van der Waals surface area contributed by atoms with E-state index in [-0.39, 0.29) is 18.0 Å². The van der Waals surface area contributed by atoms with Gasteiger partial charge >= 0.3 is 0 Å². The van der Waals surface area contributed by atoms with Gasteiger partial charge in [0.15, 0.2) is 0 Å². The van der Waals surface area contributed by atoms with Crippen LogP contribution in [-0.4, -0.2) is 21.9 Å². The zero-order chi connectivity index (χ0) is 10.0. The normalized spacial score (nSPS) is 12.8.